The minimum Gasteiger partial charge on any atom is -0.381 e. The lowest BCUT2D eigenvalue weighted by Gasteiger charge is -2.39. The van der Waals surface area contributed by atoms with Crippen molar-refractivity contribution in [2.45, 2.75) is 56.7 Å². The lowest BCUT2D eigenvalue weighted by molar-refractivity contribution is 0.0631. The molecule has 2 aliphatic rings. The van der Waals surface area contributed by atoms with Gasteiger partial charge in [0.05, 0.1) is 6.10 Å². The number of methoxy groups -OCH3 is 1. The van der Waals surface area contributed by atoms with Crippen LogP contribution >= 0.6 is 0 Å². The van der Waals surface area contributed by atoms with E-state index in [0.717, 1.165) is 0 Å². The molecule has 1 aliphatic heterocycles. The van der Waals surface area contributed by atoms with Gasteiger partial charge >= 0.3 is 0 Å². The molecular weight excluding hydrogens is 260 g/mol. The summed E-state index contributed by atoms with van der Waals surface area (Å²) in [4.78, 5) is 2.66. The van der Waals surface area contributed by atoms with E-state index in [2.05, 4.69) is 41.5 Å². The molecule has 1 aliphatic carbocycles. The summed E-state index contributed by atoms with van der Waals surface area (Å²) in [6, 6.07) is 10.1. The number of benzene rings is 1. The quantitative estimate of drug-likeness (QED) is 0.921. The van der Waals surface area contributed by atoms with Gasteiger partial charge in [-0.2, -0.15) is 0 Å². The fraction of sp³-hybridized carbons (Fsp3) is 0.667. The number of hydrogen-bond acceptors (Lipinski definition) is 3. The second-order valence-corrected chi connectivity index (χ2v) is 6.41. The van der Waals surface area contributed by atoms with Crippen LogP contribution in [-0.2, 0) is 4.74 Å². The molecule has 3 rings (SSSR count). The van der Waals surface area contributed by atoms with Crippen LogP contribution in [0.25, 0.3) is 0 Å². The second-order valence-electron chi connectivity index (χ2n) is 6.41. The van der Waals surface area contributed by atoms with E-state index in [1.54, 1.807) is 0 Å². The van der Waals surface area contributed by atoms with Gasteiger partial charge in [-0.25, -0.2) is 0 Å². The third kappa shape index (κ3) is 3.09. The van der Waals surface area contributed by atoms with Crippen LogP contribution in [0.2, 0.25) is 0 Å². The maximum Gasteiger partial charge on any atom is 0.0591 e. The Hall–Kier alpha value is -1.06. The molecular formula is C18H28N2O. The van der Waals surface area contributed by atoms with Crippen LogP contribution in [0.5, 0.6) is 0 Å². The Morgan fingerprint density at radius 1 is 1.14 bits per heavy atom. The Morgan fingerprint density at radius 3 is 2.81 bits per heavy atom. The fourth-order valence-corrected chi connectivity index (χ4v) is 4.08. The second kappa shape index (κ2) is 6.80. The van der Waals surface area contributed by atoms with Gasteiger partial charge < -0.3 is 15.0 Å². The van der Waals surface area contributed by atoms with Gasteiger partial charge in [0.15, 0.2) is 0 Å². The number of nitrogens with one attached hydrogen (secondary N) is 1. The number of ether oxygens (including phenoxy) is 1. The SMILES string of the molecule is CNC1CCCN(C2CCCC(OC)C2)c2ccccc21. The lowest BCUT2D eigenvalue weighted by atomic mass is 9.91. The van der Waals surface area contributed by atoms with Crippen LogP contribution in [0.3, 0.4) is 0 Å². The van der Waals surface area contributed by atoms with Crippen LogP contribution in [0, 0.1) is 0 Å². The van der Waals surface area contributed by atoms with Crippen LogP contribution in [0.1, 0.15) is 50.1 Å². The molecule has 1 heterocycles. The van der Waals surface area contributed by atoms with Gasteiger partial charge in [0.25, 0.3) is 0 Å². The molecule has 1 saturated carbocycles. The van der Waals surface area contributed by atoms with Crippen LogP contribution in [0.4, 0.5) is 5.69 Å². The van der Waals surface area contributed by atoms with Crippen molar-refractivity contribution >= 4 is 5.69 Å². The molecule has 3 unspecified atom stereocenters. The molecule has 0 amide bonds. The smallest absolute Gasteiger partial charge is 0.0591 e. The summed E-state index contributed by atoms with van der Waals surface area (Å²) < 4.78 is 5.63. The third-order valence-electron chi connectivity index (χ3n) is 5.23. The normalized spacial score (nSPS) is 29.8. The molecule has 1 aromatic rings. The van der Waals surface area contributed by atoms with Gasteiger partial charge in [0.1, 0.15) is 0 Å². The Kier molecular flexibility index (Phi) is 4.81. The van der Waals surface area contributed by atoms with E-state index in [4.69, 9.17) is 4.74 Å². The minimum absolute atomic E-state index is 0.444. The van der Waals surface area contributed by atoms with E-state index < -0.39 is 0 Å². The standard InChI is InChI=1S/C18H28N2O/c1-19-17-10-6-12-20(18-11-4-3-9-16(17)18)14-7-5-8-15(13-14)21-2/h3-4,9,11,14-15,17,19H,5-8,10,12-13H2,1-2H3. The number of para-hydroxylation sites is 1. The highest BCUT2D eigenvalue weighted by molar-refractivity contribution is 5.56. The number of nitrogens with zero attached hydrogens (tertiary/aromatic N) is 1. The molecule has 0 bridgehead atoms. The largest absolute Gasteiger partial charge is 0.381 e. The summed E-state index contributed by atoms with van der Waals surface area (Å²) in [5.74, 6) is 0. The monoisotopic (exact) mass is 288 g/mol. The molecule has 0 spiro atoms. The number of anilines is 1. The molecule has 116 valence electrons. The molecule has 1 N–H and O–H groups in total. The van der Waals surface area contributed by atoms with Crippen molar-refractivity contribution in [2.24, 2.45) is 0 Å². The van der Waals surface area contributed by atoms with Crippen LogP contribution < -0.4 is 10.2 Å². The van der Waals surface area contributed by atoms with Crippen molar-refractivity contribution in [3.05, 3.63) is 29.8 Å². The van der Waals surface area contributed by atoms with Crippen molar-refractivity contribution in [3.63, 3.8) is 0 Å². The van der Waals surface area contributed by atoms with Gasteiger partial charge in [-0.3, -0.25) is 0 Å². The molecule has 3 nitrogen and oxygen atoms in total. The lowest BCUT2D eigenvalue weighted by Crippen LogP contribution is -2.41. The van der Waals surface area contributed by atoms with Crippen molar-refractivity contribution in [3.8, 4) is 0 Å². The molecule has 0 aromatic heterocycles. The highest BCUT2D eigenvalue weighted by atomic mass is 16.5. The first-order chi connectivity index (χ1) is 10.3. The molecule has 3 heteroatoms. The number of hydrogen-bond donors (Lipinski definition) is 1. The number of fused-ring (bicyclic) bond motifs is 1. The maximum absolute atomic E-state index is 5.63. The first-order valence-corrected chi connectivity index (χ1v) is 8.39. The summed E-state index contributed by atoms with van der Waals surface area (Å²) in [6.45, 7) is 1.18. The first kappa shape index (κ1) is 14.9. The Morgan fingerprint density at radius 2 is 2.00 bits per heavy atom. The molecule has 1 fully saturated rings. The van der Waals surface area contributed by atoms with E-state index in [-0.39, 0.29) is 0 Å². The first-order valence-electron chi connectivity index (χ1n) is 8.39. The van der Waals surface area contributed by atoms with Gasteiger partial charge in [-0.1, -0.05) is 18.2 Å². The van der Waals surface area contributed by atoms with E-state index in [9.17, 15) is 0 Å². The predicted octanol–water partition coefficient (Wildman–Crippen LogP) is 3.50. The average Bonchev–Trinajstić information content (AvgIpc) is 2.74. The zero-order valence-corrected chi connectivity index (χ0v) is 13.3. The van der Waals surface area contributed by atoms with E-state index in [1.165, 1.54) is 56.3 Å². The molecule has 0 saturated heterocycles. The minimum atomic E-state index is 0.444. The van der Waals surface area contributed by atoms with E-state index in [1.807, 2.05) is 7.11 Å². The highest BCUT2D eigenvalue weighted by Crippen LogP contribution is 2.36. The van der Waals surface area contributed by atoms with Gasteiger partial charge in [-0.15, -0.1) is 0 Å². The molecule has 0 radical (unpaired) electrons. The molecule has 1 aromatic carbocycles. The average molecular weight is 288 g/mol. The Bertz CT molecular complexity index is 462. The van der Waals surface area contributed by atoms with Crippen molar-refractivity contribution in [2.75, 3.05) is 25.6 Å². The molecule has 3 atom stereocenters. The topological polar surface area (TPSA) is 24.5 Å². The Labute approximate surface area is 128 Å². The van der Waals surface area contributed by atoms with E-state index in [0.29, 0.717) is 18.2 Å². The fourth-order valence-electron chi connectivity index (χ4n) is 4.08. The Balaban J connectivity index is 1.87. The van der Waals surface area contributed by atoms with E-state index >= 15 is 0 Å². The van der Waals surface area contributed by atoms with Crippen molar-refractivity contribution in [1.82, 2.24) is 5.32 Å². The summed E-state index contributed by atoms with van der Waals surface area (Å²) in [7, 11) is 3.94. The summed E-state index contributed by atoms with van der Waals surface area (Å²) >= 11 is 0. The van der Waals surface area contributed by atoms with Gasteiger partial charge in [0, 0.05) is 31.4 Å². The summed E-state index contributed by atoms with van der Waals surface area (Å²) in [6.07, 6.45) is 7.92. The zero-order chi connectivity index (χ0) is 14.7. The summed E-state index contributed by atoms with van der Waals surface area (Å²) in [5.41, 5.74) is 2.91. The zero-order valence-electron chi connectivity index (χ0n) is 13.3. The number of rotatable bonds is 3. The maximum atomic E-state index is 5.63. The summed E-state index contributed by atoms with van der Waals surface area (Å²) in [5, 5.41) is 3.49. The van der Waals surface area contributed by atoms with Crippen LogP contribution in [-0.4, -0.2) is 32.8 Å². The molecule has 21 heavy (non-hydrogen) atoms. The van der Waals surface area contributed by atoms with Crippen LogP contribution in [0.15, 0.2) is 24.3 Å². The van der Waals surface area contributed by atoms with Gasteiger partial charge in [0.2, 0.25) is 0 Å². The highest BCUT2D eigenvalue weighted by Gasteiger charge is 2.30. The third-order valence-corrected chi connectivity index (χ3v) is 5.23. The predicted molar refractivity (Wildman–Crippen MR) is 87.9 cm³/mol. The van der Waals surface area contributed by atoms with Crippen molar-refractivity contribution < 1.29 is 4.74 Å². The van der Waals surface area contributed by atoms with Crippen molar-refractivity contribution in [1.29, 1.82) is 0 Å². The van der Waals surface area contributed by atoms with Gasteiger partial charge in [-0.05, 0) is 57.2 Å².